The molecule has 13 heteroatoms. The zero-order valence-electron chi connectivity index (χ0n) is 21.0. The number of nitrogens with two attached hydrogens (primary N) is 2. The molecule has 3 aromatic carbocycles. The molecule has 0 aliphatic rings. The number of nitro benzene ring substituents is 1. The molecule has 4 N–H and O–H groups in total. The van der Waals surface area contributed by atoms with E-state index in [1.165, 1.54) is 38.5 Å². The van der Waals surface area contributed by atoms with E-state index in [0.717, 1.165) is 5.56 Å². The van der Waals surface area contributed by atoms with Crippen LogP contribution in [0.1, 0.15) is 16.7 Å². The fourth-order valence-corrected chi connectivity index (χ4v) is 4.33. The van der Waals surface area contributed by atoms with Crippen LogP contribution in [0.5, 0.6) is 17.2 Å². The first-order valence-electron chi connectivity index (χ1n) is 11.4. The third-order valence-corrected chi connectivity index (χ3v) is 6.51. The smallest absolute Gasteiger partial charge is 0.269 e. The van der Waals surface area contributed by atoms with Crippen LogP contribution >= 0.6 is 0 Å². The third-order valence-electron chi connectivity index (χ3n) is 5.87. The Morgan fingerprint density at radius 2 is 1.64 bits per heavy atom. The van der Waals surface area contributed by atoms with Gasteiger partial charge in [-0.1, -0.05) is 6.07 Å². The molecule has 4 rings (SSSR count). The second-order valence-electron chi connectivity index (χ2n) is 8.29. The number of nitro groups is 1. The van der Waals surface area contributed by atoms with Crippen LogP contribution in [-0.4, -0.2) is 37.9 Å². The quantitative estimate of drug-likeness (QED) is 0.167. The van der Waals surface area contributed by atoms with E-state index < -0.39 is 16.0 Å². The van der Waals surface area contributed by atoms with E-state index in [0.29, 0.717) is 45.9 Å². The number of nitrogen functional groups attached to an aromatic ring is 2. The van der Waals surface area contributed by atoms with E-state index in [2.05, 4.69) is 9.97 Å². The molecule has 1 unspecified atom stereocenters. The van der Waals surface area contributed by atoms with Crippen molar-refractivity contribution in [1.29, 1.82) is 0 Å². The number of methoxy groups -OCH3 is 2. The SMILES string of the molecule is COc1cc(Cc2cnc(N)nc2N)cc(OC)c1OCc1ccc(S(=O)[O-])cc1-c1ccc([N+](=O)[O-])cc1. The van der Waals surface area contributed by atoms with E-state index in [1.807, 2.05) is 0 Å². The minimum Gasteiger partial charge on any atom is -0.768 e. The van der Waals surface area contributed by atoms with Crippen LogP contribution in [0, 0.1) is 10.1 Å². The standard InChI is InChI=1S/C26H25N5O7S/c1-36-22-10-15(9-18-13-29-26(28)30-25(18)27)11-23(37-2)24(22)38-14-17-5-8-20(39(34)35)12-21(17)16-3-6-19(7-4-16)31(32)33/h3-8,10-13H,9,14H2,1-2H3,(H,34,35)(H4,27,28,29,30)/p-1. The Labute approximate surface area is 226 Å². The van der Waals surface area contributed by atoms with Crippen LogP contribution in [0.2, 0.25) is 0 Å². The molecule has 0 bridgehead atoms. The third kappa shape index (κ3) is 6.22. The summed E-state index contributed by atoms with van der Waals surface area (Å²) in [6.07, 6.45) is 1.94. The highest BCUT2D eigenvalue weighted by Crippen LogP contribution is 2.40. The number of benzene rings is 3. The summed E-state index contributed by atoms with van der Waals surface area (Å²) in [6, 6.07) is 13.9. The van der Waals surface area contributed by atoms with Crippen LogP contribution < -0.4 is 25.7 Å². The molecule has 0 spiro atoms. The van der Waals surface area contributed by atoms with Gasteiger partial charge in [0.05, 0.1) is 19.1 Å². The Balaban J connectivity index is 1.66. The van der Waals surface area contributed by atoms with Gasteiger partial charge in [-0.25, -0.2) is 4.98 Å². The summed E-state index contributed by atoms with van der Waals surface area (Å²) in [6.45, 7) is 0.0168. The van der Waals surface area contributed by atoms with Crippen molar-refractivity contribution in [3.05, 3.63) is 87.6 Å². The Kier molecular flexibility index (Phi) is 8.22. The van der Waals surface area contributed by atoms with E-state index in [4.69, 9.17) is 25.7 Å². The van der Waals surface area contributed by atoms with Gasteiger partial charge in [-0.15, -0.1) is 0 Å². The van der Waals surface area contributed by atoms with Gasteiger partial charge < -0.3 is 30.2 Å². The maximum absolute atomic E-state index is 11.6. The average molecular weight is 551 g/mol. The molecule has 1 atom stereocenters. The Hall–Kier alpha value is -4.75. The molecule has 0 aliphatic carbocycles. The van der Waals surface area contributed by atoms with Crippen LogP contribution in [0.15, 0.2) is 65.7 Å². The second kappa shape index (κ2) is 11.8. The molecule has 0 aliphatic heterocycles. The fourth-order valence-electron chi connectivity index (χ4n) is 3.94. The maximum Gasteiger partial charge on any atom is 0.269 e. The summed E-state index contributed by atoms with van der Waals surface area (Å²) < 4.78 is 40.5. The lowest BCUT2D eigenvalue weighted by Crippen LogP contribution is -2.05. The van der Waals surface area contributed by atoms with Crippen molar-refractivity contribution < 1.29 is 27.9 Å². The molecule has 0 amide bonds. The predicted octanol–water partition coefficient (Wildman–Crippen LogP) is 3.64. The predicted molar refractivity (Wildman–Crippen MR) is 143 cm³/mol. The molecule has 12 nitrogen and oxygen atoms in total. The summed E-state index contributed by atoms with van der Waals surface area (Å²) in [5, 5.41) is 11.1. The van der Waals surface area contributed by atoms with Gasteiger partial charge in [-0.05, 0) is 69.7 Å². The van der Waals surface area contributed by atoms with E-state index >= 15 is 0 Å². The lowest BCUT2D eigenvalue weighted by Gasteiger charge is -2.18. The molecule has 0 radical (unpaired) electrons. The topological polar surface area (TPSA) is 189 Å². The van der Waals surface area contributed by atoms with Crippen molar-refractivity contribution in [2.75, 3.05) is 25.7 Å². The first kappa shape index (κ1) is 27.3. The first-order valence-corrected chi connectivity index (χ1v) is 12.5. The van der Waals surface area contributed by atoms with Crippen molar-refractivity contribution >= 4 is 28.5 Å². The minimum atomic E-state index is -2.47. The molecule has 202 valence electrons. The average Bonchev–Trinajstić information content (AvgIpc) is 2.93. The molecule has 4 aromatic rings. The highest BCUT2D eigenvalue weighted by molar-refractivity contribution is 7.79. The molecule has 0 fully saturated rings. The summed E-state index contributed by atoms with van der Waals surface area (Å²) in [7, 11) is 2.99. The molecule has 0 saturated carbocycles. The highest BCUT2D eigenvalue weighted by atomic mass is 32.2. The molecular formula is C26H24N5O7S-. The summed E-state index contributed by atoms with van der Waals surface area (Å²) in [5.74, 6) is 1.47. The van der Waals surface area contributed by atoms with Gasteiger partial charge in [0, 0.05) is 35.2 Å². The number of ether oxygens (including phenoxy) is 3. The van der Waals surface area contributed by atoms with E-state index in [-0.39, 0.29) is 29.0 Å². The number of rotatable bonds is 10. The Morgan fingerprint density at radius 3 is 2.21 bits per heavy atom. The zero-order chi connectivity index (χ0) is 28.1. The van der Waals surface area contributed by atoms with Crippen LogP contribution in [0.25, 0.3) is 11.1 Å². The molecule has 1 heterocycles. The summed E-state index contributed by atoms with van der Waals surface area (Å²) in [5.41, 5.74) is 14.7. The minimum absolute atomic E-state index is 0.0168. The van der Waals surface area contributed by atoms with E-state index in [1.54, 1.807) is 36.5 Å². The maximum atomic E-state index is 11.6. The number of anilines is 2. The van der Waals surface area contributed by atoms with Crippen LogP contribution in [0.4, 0.5) is 17.5 Å². The zero-order valence-corrected chi connectivity index (χ0v) is 21.8. The van der Waals surface area contributed by atoms with Crippen molar-refractivity contribution in [2.24, 2.45) is 0 Å². The summed E-state index contributed by atoms with van der Waals surface area (Å²) >= 11 is -2.47. The Bertz CT molecular complexity index is 1520. The lowest BCUT2D eigenvalue weighted by atomic mass is 10.00. The van der Waals surface area contributed by atoms with Gasteiger partial charge in [0.15, 0.2) is 11.5 Å². The van der Waals surface area contributed by atoms with Gasteiger partial charge >= 0.3 is 0 Å². The number of non-ortho nitro benzene ring substituents is 1. The van der Waals surface area contributed by atoms with Crippen LogP contribution in [0.3, 0.4) is 0 Å². The molecule has 39 heavy (non-hydrogen) atoms. The molecule has 0 saturated heterocycles. The molecule has 1 aromatic heterocycles. The monoisotopic (exact) mass is 550 g/mol. The fraction of sp³-hybridized carbons (Fsp3) is 0.154. The lowest BCUT2D eigenvalue weighted by molar-refractivity contribution is -0.384. The largest absolute Gasteiger partial charge is 0.768 e. The van der Waals surface area contributed by atoms with Gasteiger partial charge in [-0.3, -0.25) is 14.3 Å². The number of hydrogen-bond donors (Lipinski definition) is 2. The van der Waals surface area contributed by atoms with Crippen molar-refractivity contribution in [3.8, 4) is 28.4 Å². The van der Waals surface area contributed by atoms with Gasteiger partial charge in [-0.2, -0.15) is 4.98 Å². The van der Waals surface area contributed by atoms with Crippen LogP contribution in [-0.2, 0) is 24.1 Å². The van der Waals surface area contributed by atoms with Gasteiger partial charge in [0.2, 0.25) is 11.7 Å². The van der Waals surface area contributed by atoms with Crippen molar-refractivity contribution in [2.45, 2.75) is 17.9 Å². The van der Waals surface area contributed by atoms with Gasteiger partial charge in [0.25, 0.3) is 5.69 Å². The summed E-state index contributed by atoms with van der Waals surface area (Å²) in [4.78, 5) is 18.6. The highest BCUT2D eigenvalue weighted by Gasteiger charge is 2.18. The van der Waals surface area contributed by atoms with Crippen molar-refractivity contribution in [1.82, 2.24) is 9.97 Å². The number of nitrogens with zero attached hydrogens (tertiary/aromatic N) is 3. The van der Waals surface area contributed by atoms with Gasteiger partial charge in [0.1, 0.15) is 12.4 Å². The normalized spacial score (nSPS) is 11.6. The molecular weight excluding hydrogens is 526 g/mol. The van der Waals surface area contributed by atoms with Crippen molar-refractivity contribution in [3.63, 3.8) is 0 Å². The first-order chi connectivity index (χ1) is 18.7. The number of hydrogen-bond acceptors (Lipinski definition) is 11. The van der Waals surface area contributed by atoms with E-state index in [9.17, 15) is 18.9 Å². The number of aromatic nitrogens is 2. The second-order valence-corrected chi connectivity index (χ2v) is 9.23. The Morgan fingerprint density at radius 1 is 0.974 bits per heavy atom.